The SMILES string of the molecule is Cc1ncsc1-c1ccc(CNC(=O)[C@@H]2C[C@@H](O)CN2C(=O)[C@@H](NC(=O)COCCn2cc(-c3ccc([C@H](C)NC(=O)C[C@@H]4N=C(c5ccc(Cl)cc5)c5c(sc(C)c5C)-n5c(C)nnc54)cc3)cn2)C(C)(C)C)cc1. The molecule has 17 nitrogen and oxygen atoms in total. The van der Waals surface area contributed by atoms with E-state index in [1.54, 1.807) is 33.6 Å². The number of aliphatic hydroxyl groups is 1. The summed E-state index contributed by atoms with van der Waals surface area (Å²) >= 11 is 9.52. The number of fused-ring (bicyclic) bond motifs is 3. The second-order valence-corrected chi connectivity index (χ2v) is 23.0. The Bertz CT molecular complexity index is 3280. The lowest BCUT2D eigenvalue weighted by Crippen LogP contribution is -2.58. The van der Waals surface area contributed by atoms with E-state index in [-0.39, 0.29) is 57.0 Å². The number of amides is 4. The van der Waals surface area contributed by atoms with Crippen molar-refractivity contribution in [2.75, 3.05) is 19.8 Å². The smallest absolute Gasteiger partial charge is 0.246 e. The van der Waals surface area contributed by atoms with Crippen molar-refractivity contribution in [2.45, 2.75) is 112 Å². The maximum absolute atomic E-state index is 14.1. The van der Waals surface area contributed by atoms with Crippen molar-refractivity contribution in [1.29, 1.82) is 0 Å². The molecule has 0 spiro atoms. The number of hydrogen-bond donors (Lipinski definition) is 4. The molecule has 7 aromatic rings. The molecule has 76 heavy (non-hydrogen) atoms. The third-order valence-corrected chi connectivity index (χ3v) is 16.3. The predicted molar refractivity (Wildman–Crippen MR) is 295 cm³/mol. The highest BCUT2D eigenvalue weighted by molar-refractivity contribution is 7.15. The van der Waals surface area contributed by atoms with Gasteiger partial charge in [0.1, 0.15) is 35.6 Å². The van der Waals surface area contributed by atoms with E-state index >= 15 is 0 Å². The number of β-amino-alcohol motifs (C(OH)–C–C–N with tert-alkyl or cyclic N) is 1. The maximum Gasteiger partial charge on any atom is 0.246 e. The molecule has 1 saturated heterocycles. The van der Waals surface area contributed by atoms with E-state index in [1.165, 1.54) is 9.78 Å². The first-order valence-electron chi connectivity index (χ1n) is 25.2. The number of nitrogens with zero attached hydrogens (tertiary/aromatic N) is 8. The Balaban J connectivity index is 0.753. The van der Waals surface area contributed by atoms with Crippen LogP contribution in [0.3, 0.4) is 0 Å². The number of thiophene rings is 1. The van der Waals surface area contributed by atoms with E-state index < -0.39 is 41.5 Å². The Hall–Kier alpha value is -6.90. The average molecular weight is 1080 g/mol. The van der Waals surface area contributed by atoms with Crippen LogP contribution < -0.4 is 16.0 Å². The highest BCUT2D eigenvalue weighted by atomic mass is 35.5. The van der Waals surface area contributed by atoms with Crippen LogP contribution in [0.1, 0.15) is 103 Å². The number of aliphatic hydroxyl groups excluding tert-OH is 1. The highest BCUT2D eigenvalue weighted by Crippen LogP contribution is 2.40. The van der Waals surface area contributed by atoms with Crippen LogP contribution in [0.25, 0.3) is 26.6 Å². The zero-order chi connectivity index (χ0) is 54.0. The normalized spacial score (nSPS) is 17.1. The number of aryl methyl sites for hydroxylation is 3. The molecule has 396 valence electrons. The quantitative estimate of drug-likeness (QED) is 0.0643. The molecule has 2 aliphatic heterocycles. The predicted octanol–water partition coefficient (Wildman–Crippen LogP) is 8.19. The van der Waals surface area contributed by atoms with E-state index in [9.17, 15) is 24.3 Å². The number of rotatable bonds is 17. The standard InChI is InChI=1S/C56H62ClN11O6S2/c1-31-34(4)76-55-48(31)49(39-17-19-42(57)20-18-39)62-44(52-65-64-35(5)68(52)55)24-46(70)61-32(2)37-13-15-38(16-14-37)41-26-60-66(27-41)21-22-74-29-47(71)63-51(56(6,7)8)54(73)67-28-43(69)23-45(67)53(72)58-25-36-9-11-40(12-10-36)50-33(3)59-30-75-50/h9-20,26-27,30,32,43-45,51,69H,21-25,28-29H2,1-8H3,(H,58,72)(H,61,70)(H,63,71)/t32-,43+,44-,45-,51+/m0/s1. The summed E-state index contributed by atoms with van der Waals surface area (Å²) in [5, 5.41) is 34.7. The molecule has 9 rings (SSSR count). The van der Waals surface area contributed by atoms with Gasteiger partial charge in [-0.3, -0.25) is 33.4 Å². The molecule has 0 bridgehead atoms. The fraction of sp³-hybridized carbons (Fsp3) is 0.375. The average Bonchev–Trinajstić information content (AvgIpc) is 4.25. The largest absolute Gasteiger partial charge is 0.391 e. The van der Waals surface area contributed by atoms with Gasteiger partial charge in [-0.15, -0.1) is 32.9 Å². The van der Waals surface area contributed by atoms with E-state index in [0.717, 1.165) is 71.6 Å². The topological polar surface area (TPSA) is 211 Å². The summed E-state index contributed by atoms with van der Waals surface area (Å²) in [5.41, 5.74) is 10.5. The fourth-order valence-electron chi connectivity index (χ4n) is 9.60. The first-order chi connectivity index (χ1) is 36.3. The van der Waals surface area contributed by atoms with E-state index in [4.69, 9.17) is 21.3 Å². The summed E-state index contributed by atoms with van der Waals surface area (Å²) in [6.45, 7) is 16.0. The van der Waals surface area contributed by atoms with Crippen LogP contribution in [-0.4, -0.2) is 107 Å². The molecule has 0 saturated carbocycles. The highest BCUT2D eigenvalue weighted by Gasteiger charge is 2.44. The molecule has 4 aromatic heterocycles. The Morgan fingerprint density at radius 1 is 0.895 bits per heavy atom. The van der Waals surface area contributed by atoms with Gasteiger partial charge in [0.05, 0.1) is 59.7 Å². The van der Waals surface area contributed by atoms with Crippen molar-refractivity contribution < 1.29 is 29.0 Å². The van der Waals surface area contributed by atoms with Crippen LogP contribution in [-0.2, 0) is 37.0 Å². The zero-order valence-electron chi connectivity index (χ0n) is 43.8. The summed E-state index contributed by atoms with van der Waals surface area (Å²) in [5.74, 6) is -0.152. The number of carbonyl (C=O) groups excluding carboxylic acids is 4. The number of nitrogens with one attached hydrogen (secondary N) is 3. The number of benzene rings is 3. The third-order valence-electron chi connectivity index (χ3n) is 13.9. The van der Waals surface area contributed by atoms with E-state index in [0.29, 0.717) is 17.4 Å². The Labute approximate surface area is 454 Å². The second kappa shape index (κ2) is 22.7. The number of thiazole rings is 1. The lowest BCUT2D eigenvalue weighted by atomic mass is 9.85. The molecular formula is C56H62ClN11O6S2. The fourth-order valence-corrected chi connectivity index (χ4v) is 11.7. The minimum atomic E-state index is -0.986. The number of likely N-dealkylation sites (tertiary alicyclic amines) is 1. The van der Waals surface area contributed by atoms with Gasteiger partial charge in [-0.1, -0.05) is 93.0 Å². The van der Waals surface area contributed by atoms with Crippen LogP contribution in [0.4, 0.5) is 0 Å². The summed E-state index contributed by atoms with van der Waals surface area (Å²) in [4.78, 5) is 67.9. The van der Waals surface area contributed by atoms with Gasteiger partial charge in [-0.25, -0.2) is 4.98 Å². The second-order valence-electron chi connectivity index (χ2n) is 20.5. The number of carbonyl (C=O) groups is 4. The van der Waals surface area contributed by atoms with Gasteiger partial charge in [0.25, 0.3) is 0 Å². The first-order valence-corrected chi connectivity index (χ1v) is 27.3. The van der Waals surface area contributed by atoms with Gasteiger partial charge in [0.2, 0.25) is 23.6 Å². The van der Waals surface area contributed by atoms with E-state index in [2.05, 4.69) is 50.1 Å². The number of halogens is 1. The Kier molecular flexibility index (Phi) is 16.1. The van der Waals surface area contributed by atoms with Crippen LogP contribution in [0, 0.1) is 33.1 Å². The molecule has 20 heteroatoms. The minimum Gasteiger partial charge on any atom is -0.391 e. The van der Waals surface area contributed by atoms with Gasteiger partial charge in [0, 0.05) is 52.3 Å². The molecule has 6 heterocycles. The molecule has 4 N–H and O–H groups in total. The van der Waals surface area contributed by atoms with Gasteiger partial charge < -0.3 is 30.7 Å². The van der Waals surface area contributed by atoms with Gasteiger partial charge in [0.15, 0.2) is 5.82 Å². The Morgan fingerprint density at radius 3 is 2.30 bits per heavy atom. The van der Waals surface area contributed by atoms with Crippen molar-refractivity contribution in [3.05, 3.63) is 146 Å². The summed E-state index contributed by atoms with van der Waals surface area (Å²) in [6.07, 6.45) is 2.91. The molecule has 0 unspecified atom stereocenters. The van der Waals surface area contributed by atoms with Crippen LogP contribution in [0.2, 0.25) is 5.02 Å². The van der Waals surface area contributed by atoms with Gasteiger partial charge in [-0.2, -0.15) is 5.10 Å². The number of aliphatic imine (C=N–C) groups is 1. The summed E-state index contributed by atoms with van der Waals surface area (Å²) in [6, 6.07) is 20.6. The molecule has 2 aliphatic rings. The summed E-state index contributed by atoms with van der Waals surface area (Å²) in [7, 11) is 0. The number of ether oxygens (including phenoxy) is 1. The van der Waals surface area contributed by atoms with Crippen molar-refractivity contribution in [2.24, 2.45) is 10.4 Å². The molecule has 4 amide bonds. The zero-order valence-corrected chi connectivity index (χ0v) is 46.1. The van der Waals surface area contributed by atoms with Crippen molar-refractivity contribution >= 4 is 63.6 Å². The lowest BCUT2D eigenvalue weighted by Gasteiger charge is -2.35. The monoisotopic (exact) mass is 1080 g/mol. The molecule has 5 atom stereocenters. The van der Waals surface area contributed by atoms with Gasteiger partial charge >= 0.3 is 0 Å². The third kappa shape index (κ3) is 11.9. The van der Waals surface area contributed by atoms with Gasteiger partial charge in [-0.05, 0) is 80.0 Å². The maximum atomic E-state index is 14.1. The van der Waals surface area contributed by atoms with Crippen molar-refractivity contribution in [3.8, 4) is 26.6 Å². The van der Waals surface area contributed by atoms with Crippen molar-refractivity contribution in [1.82, 2.24) is 50.4 Å². The molecule has 0 radical (unpaired) electrons. The molecular weight excluding hydrogens is 1020 g/mol. The molecule has 1 fully saturated rings. The van der Waals surface area contributed by atoms with E-state index in [1.807, 2.05) is 131 Å². The lowest BCUT2D eigenvalue weighted by molar-refractivity contribution is -0.144. The molecule has 3 aromatic carbocycles. The summed E-state index contributed by atoms with van der Waals surface area (Å²) < 4.78 is 9.52. The van der Waals surface area contributed by atoms with Crippen molar-refractivity contribution in [3.63, 3.8) is 0 Å². The van der Waals surface area contributed by atoms with Crippen LogP contribution >= 0.6 is 34.3 Å². The van der Waals surface area contributed by atoms with Crippen LogP contribution in [0.15, 0.2) is 95.7 Å². The number of hydrogen-bond acceptors (Lipinski definition) is 13. The molecule has 0 aliphatic carbocycles. The van der Waals surface area contributed by atoms with Crippen LogP contribution in [0.5, 0.6) is 0 Å². The Morgan fingerprint density at radius 2 is 1.61 bits per heavy atom. The minimum absolute atomic E-state index is 0.0271. The first kappa shape index (κ1) is 53.9. The number of aromatic nitrogens is 6.